The molecular formula is C22H27N3O3. The SMILES string of the molecule is COCCOCC(=O)N[C@@H]1c2ccccc2[C@@H]2CN(Cc3ccncc3)C[C@H]12. The number of carbonyl (C=O) groups excluding carboxylic acids is 1. The van der Waals surface area contributed by atoms with Gasteiger partial charge in [-0.1, -0.05) is 24.3 Å². The van der Waals surface area contributed by atoms with Crippen LogP contribution in [0.15, 0.2) is 48.8 Å². The van der Waals surface area contributed by atoms with Gasteiger partial charge in [0, 0.05) is 51.0 Å². The van der Waals surface area contributed by atoms with Crippen molar-refractivity contribution in [2.45, 2.75) is 18.5 Å². The van der Waals surface area contributed by atoms with Gasteiger partial charge in [0.1, 0.15) is 6.61 Å². The van der Waals surface area contributed by atoms with Gasteiger partial charge in [-0.2, -0.15) is 0 Å². The summed E-state index contributed by atoms with van der Waals surface area (Å²) >= 11 is 0. The molecule has 0 unspecified atom stereocenters. The van der Waals surface area contributed by atoms with Crippen LogP contribution in [0.5, 0.6) is 0 Å². The Kier molecular flexibility index (Phi) is 6.00. The van der Waals surface area contributed by atoms with E-state index in [1.165, 1.54) is 16.7 Å². The Morgan fingerprint density at radius 2 is 1.93 bits per heavy atom. The molecule has 0 saturated carbocycles. The number of rotatable bonds is 8. The number of nitrogens with zero attached hydrogens (tertiary/aromatic N) is 2. The van der Waals surface area contributed by atoms with Crippen molar-refractivity contribution in [3.63, 3.8) is 0 Å². The third-order valence-corrected chi connectivity index (χ3v) is 5.74. The van der Waals surface area contributed by atoms with E-state index in [9.17, 15) is 4.79 Å². The molecule has 2 aliphatic rings. The predicted octanol–water partition coefficient (Wildman–Crippen LogP) is 2.13. The maximum Gasteiger partial charge on any atom is 0.246 e. The molecule has 3 atom stereocenters. The van der Waals surface area contributed by atoms with E-state index in [4.69, 9.17) is 9.47 Å². The van der Waals surface area contributed by atoms with Gasteiger partial charge in [0.2, 0.25) is 5.91 Å². The minimum Gasteiger partial charge on any atom is -0.382 e. The molecule has 6 nitrogen and oxygen atoms in total. The van der Waals surface area contributed by atoms with E-state index < -0.39 is 0 Å². The van der Waals surface area contributed by atoms with Gasteiger partial charge in [0.25, 0.3) is 0 Å². The number of nitrogens with one attached hydrogen (secondary N) is 1. The number of hydrogen-bond donors (Lipinski definition) is 1. The van der Waals surface area contributed by atoms with Crippen LogP contribution < -0.4 is 5.32 Å². The van der Waals surface area contributed by atoms with Gasteiger partial charge in [0.05, 0.1) is 19.3 Å². The highest BCUT2D eigenvalue weighted by Gasteiger charge is 2.46. The molecule has 1 N–H and O–H groups in total. The van der Waals surface area contributed by atoms with Crippen molar-refractivity contribution in [2.75, 3.05) is 40.0 Å². The maximum atomic E-state index is 12.4. The van der Waals surface area contributed by atoms with Gasteiger partial charge >= 0.3 is 0 Å². The zero-order chi connectivity index (χ0) is 19.3. The largest absolute Gasteiger partial charge is 0.382 e. The van der Waals surface area contributed by atoms with Crippen LogP contribution in [0.1, 0.15) is 28.7 Å². The summed E-state index contributed by atoms with van der Waals surface area (Å²) in [5.41, 5.74) is 3.90. The third-order valence-electron chi connectivity index (χ3n) is 5.74. The molecule has 1 aliphatic carbocycles. The van der Waals surface area contributed by atoms with Crippen LogP contribution in [-0.4, -0.2) is 55.8 Å². The molecule has 0 radical (unpaired) electrons. The molecule has 4 rings (SSSR count). The summed E-state index contributed by atoms with van der Waals surface area (Å²) in [7, 11) is 1.62. The predicted molar refractivity (Wildman–Crippen MR) is 106 cm³/mol. The van der Waals surface area contributed by atoms with Crippen molar-refractivity contribution in [2.24, 2.45) is 5.92 Å². The van der Waals surface area contributed by atoms with Gasteiger partial charge in [-0.15, -0.1) is 0 Å². The van der Waals surface area contributed by atoms with Gasteiger partial charge in [-0.05, 0) is 28.8 Å². The summed E-state index contributed by atoms with van der Waals surface area (Å²) in [6.45, 7) is 3.89. The molecule has 1 amide bonds. The smallest absolute Gasteiger partial charge is 0.246 e. The molecule has 2 aromatic rings. The first-order valence-corrected chi connectivity index (χ1v) is 9.82. The monoisotopic (exact) mass is 381 g/mol. The first-order chi connectivity index (χ1) is 13.8. The van der Waals surface area contributed by atoms with Crippen LogP contribution in [0.25, 0.3) is 0 Å². The van der Waals surface area contributed by atoms with Crippen LogP contribution in [-0.2, 0) is 20.8 Å². The van der Waals surface area contributed by atoms with Crippen molar-refractivity contribution < 1.29 is 14.3 Å². The van der Waals surface area contributed by atoms with Gasteiger partial charge in [-0.25, -0.2) is 0 Å². The molecule has 148 valence electrons. The molecule has 6 heteroatoms. The number of pyridine rings is 1. The van der Waals surface area contributed by atoms with Crippen molar-refractivity contribution in [3.05, 3.63) is 65.5 Å². The average molecular weight is 381 g/mol. The molecule has 0 spiro atoms. The first kappa shape index (κ1) is 19.1. The molecular weight excluding hydrogens is 354 g/mol. The molecule has 1 fully saturated rings. The maximum absolute atomic E-state index is 12.4. The van der Waals surface area contributed by atoms with Crippen LogP contribution in [0.2, 0.25) is 0 Å². The van der Waals surface area contributed by atoms with Crippen LogP contribution in [0.4, 0.5) is 0 Å². The van der Waals surface area contributed by atoms with Crippen LogP contribution in [0.3, 0.4) is 0 Å². The quantitative estimate of drug-likeness (QED) is 0.710. The number of benzene rings is 1. The summed E-state index contributed by atoms with van der Waals surface area (Å²) in [5, 5.41) is 3.23. The fraction of sp³-hybridized carbons (Fsp3) is 0.455. The number of fused-ring (bicyclic) bond motifs is 3. The van der Waals surface area contributed by atoms with Gasteiger partial charge in [-0.3, -0.25) is 14.7 Å². The number of methoxy groups -OCH3 is 1. The minimum absolute atomic E-state index is 0.0437. The highest BCUT2D eigenvalue weighted by atomic mass is 16.5. The lowest BCUT2D eigenvalue weighted by molar-refractivity contribution is -0.127. The molecule has 2 heterocycles. The van der Waals surface area contributed by atoms with E-state index in [1.54, 1.807) is 7.11 Å². The number of likely N-dealkylation sites (tertiary alicyclic amines) is 1. The topological polar surface area (TPSA) is 63.7 Å². The van der Waals surface area contributed by atoms with E-state index in [0.29, 0.717) is 25.0 Å². The van der Waals surface area contributed by atoms with E-state index >= 15 is 0 Å². The normalized spacial score (nSPS) is 23.4. The highest BCUT2D eigenvalue weighted by molar-refractivity contribution is 5.78. The number of aromatic nitrogens is 1. The lowest BCUT2D eigenvalue weighted by Gasteiger charge is -2.23. The first-order valence-electron chi connectivity index (χ1n) is 9.82. The summed E-state index contributed by atoms with van der Waals surface area (Å²) in [6.07, 6.45) is 3.68. The summed E-state index contributed by atoms with van der Waals surface area (Å²) in [6, 6.07) is 12.7. The molecule has 28 heavy (non-hydrogen) atoms. The second-order valence-corrected chi connectivity index (χ2v) is 7.54. The van der Waals surface area contributed by atoms with E-state index in [2.05, 4.69) is 51.6 Å². The Labute approximate surface area is 165 Å². The summed E-state index contributed by atoms with van der Waals surface area (Å²) in [5.74, 6) is 0.782. The van der Waals surface area contributed by atoms with Crippen molar-refractivity contribution in [3.8, 4) is 0 Å². The fourth-order valence-electron chi connectivity index (χ4n) is 4.53. The van der Waals surface area contributed by atoms with E-state index in [0.717, 1.165) is 19.6 Å². The number of carbonyl (C=O) groups is 1. The van der Waals surface area contributed by atoms with Gasteiger partial charge < -0.3 is 14.8 Å². The van der Waals surface area contributed by atoms with Crippen LogP contribution >= 0.6 is 0 Å². The van der Waals surface area contributed by atoms with Crippen molar-refractivity contribution in [1.82, 2.24) is 15.2 Å². The Hall–Kier alpha value is -2.28. The number of hydrogen-bond acceptors (Lipinski definition) is 5. The number of ether oxygens (including phenoxy) is 2. The molecule has 1 aromatic heterocycles. The summed E-state index contributed by atoms with van der Waals surface area (Å²) < 4.78 is 10.3. The zero-order valence-electron chi connectivity index (χ0n) is 16.2. The van der Waals surface area contributed by atoms with E-state index in [1.807, 2.05) is 12.4 Å². The molecule has 1 aromatic carbocycles. The lowest BCUT2D eigenvalue weighted by atomic mass is 9.94. The molecule has 1 aliphatic heterocycles. The van der Waals surface area contributed by atoms with Crippen molar-refractivity contribution in [1.29, 1.82) is 0 Å². The Morgan fingerprint density at radius 3 is 2.71 bits per heavy atom. The van der Waals surface area contributed by atoms with Gasteiger partial charge in [0.15, 0.2) is 0 Å². The molecule has 0 bridgehead atoms. The second kappa shape index (κ2) is 8.82. The Morgan fingerprint density at radius 1 is 1.14 bits per heavy atom. The van der Waals surface area contributed by atoms with Crippen LogP contribution in [0, 0.1) is 5.92 Å². The highest BCUT2D eigenvalue weighted by Crippen LogP contribution is 2.49. The third kappa shape index (κ3) is 4.09. The second-order valence-electron chi connectivity index (χ2n) is 7.54. The standard InChI is InChI=1S/C22H27N3O3/c1-27-10-11-28-15-21(26)24-22-18-5-3-2-4-17(18)19-13-25(14-20(19)22)12-16-6-8-23-9-7-16/h2-9,19-20,22H,10-15H2,1H3,(H,24,26)/t19-,20-,22+/m0/s1. The van der Waals surface area contributed by atoms with E-state index in [-0.39, 0.29) is 18.6 Å². The zero-order valence-corrected chi connectivity index (χ0v) is 16.2. The molecule has 1 saturated heterocycles. The lowest BCUT2D eigenvalue weighted by Crippen LogP contribution is -2.36. The summed E-state index contributed by atoms with van der Waals surface area (Å²) in [4.78, 5) is 19.0. The van der Waals surface area contributed by atoms with Crippen molar-refractivity contribution >= 4 is 5.91 Å². The average Bonchev–Trinajstić information content (AvgIpc) is 3.24. The number of amides is 1. The fourth-order valence-corrected chi connectivity index (χ4v) is 4.53. The Balaban J connectivity index is 1.44. The minimum atomic E-state index is -0.0656. The Bertz CT molecular complexity index is 799.